The van der Waals surface area contributed by atoms with Gasteiger partial charge in [0, 0.05) is 25.7 Å². The first-order valence-electron chi connectivity index (χ1n) is 7.37. The van der Waals surface area contributed by atoms with E-state index in [0.717, 1.165) is 38.2 Å². The molecule has 110 valence electrons. The molecule has 1 aromatic rings. The number of nitrogens with one attached hydrogen (secondary N) is 1. The van der Waals surface area contributed by atoms with E-state index in [1.165, 1.54) is 6.20 Å². The van der Waals surface area contributed by atoms with Crippen LogP contribution in [0.15, 0.2) is 12.3 Å². The molecule has 0 unspecified atom stereocenters. The Morgan fingerprint density at radius 2 is 2.15 bits per heavy atom. The molecule has 1 saturated heterocycles. The van der Waals surface area contributed by atoms with E-state index in [1.807, 2.05) is 6.92 Å². The third-order valence-electron chi connectivity index (χ3n) is 3.59. The average molecular weight is 276 g/mol. The summed E-state index contributed by atoms with van der Waals surface area (Å²) in [6.45, 7) is 9.61. The van der Waals surface area contributed by atoms with E-state index in [-0.39, 0.29) is 11.9 Å². The monoisotopic (exact) mass is 276 g/mol. The molecule has 1 aliphatic heterocycles. The molecule has 5 nitrogen and oxygen atoms in total. The molecule has 1 N–H and O–H groups in total. The zero-order valence-corrected chi connectivity index (χ0v) is 12.6. The second-order valence-corrected chi connectivity index (χ2v) is 6.03. The Bertz CT molecular complexity index is 453. The van der Waals surface area contributed by atoms with Crippen LogP contribution in [0.25, 0.3) is 0 Å². The highest BCUT2D eigenvalue weighted by molar-refractivity contribution is 5.94. The largest absolute Gasteiger partial charge is 0.349 e. The van der Waals surface area contributed by atoms with Crippen molar-refractivity contribution < 1.29 is 4.79 Å². The van der Waals surface area contributed by atoms with Gasteiger partial charge in [-0.25, -0.2) is 0 Å². The molecule has 2 heterocycles. The third kappa shape index (κ3) is 4.27. The summed E-state index contributed by atoms with van der Waals surface area (Å²) >= 11 is 0. The zero-order chi connectivity index (χ0) is 14.5. The molecule has 5 heteroatoms. The van der Waals surface area contributed by atoms with Crippen molar-refractivity contribution in [1.82, 2.24) is 20.4 Å². The van der Waals surface area contributed by atoms with Gasteiger partial charge in [-0.1, -0.05) is 13.8 Å². The highest BCUT2D eigenvalue weighted by atomic mass is 16.1. The highest BCUT2D eigenvalue weighted by Crippen LogP contribution is 2.12. The van der Waals surface area contributed by atoms with Crippen molar-refractivity contribution in [2.45, 2.75) is 39.7 Å². The Morgan fingerprint density at radius 3 is 2.75 bits per heavy atom. The standard InChI is InChI=1S/C15H24N4O/c1-11(2)10-19-6-4-14(5-7-19)17-15(20)13-8-12(3)18-16-9-13/h8-9,11,14H,4-7,10H2,1-3H3,(H,17,20). The predicted molar refractivity (Wildman–Crippen MR) is 78.5 cm³/mol. The smallest absolute Gasteiger partial charge is 0.253 e. The van der Waals surface area contributed by atoms with E-state index in [1.54, 1.807) is 6.07 Å². The van der Waals surface area contributed by atoms with Crippen molar-refractivity contribution in [2.24, 2.45) is 5.92 Å². The van der Waals surface area contributed by atoms with Gasteiger partial charge in [0.25, 0.3) is 5.91 Å². The van der Waals surface area contributed by atoms with Crippen molar-refractivity contribution in [2.75, 3.05) is 19.6 Å². The van der Waals surface area contributed by atoms with Gasteiger partial charge < -0.3 is 10.2 Å². The number of hydrogen-bond acceptors (Lipinski definition) is 4. The van der Waals surface area contributed by atoms with E-state index in [9.17, 15) is 4.79 Å². The summed E-state index contributed by atoms with van der Waals surface area (Å²) in [7, 11) is 0. The van der Waals surface area contributed by atoms with Gasteiger partial charge in [0.1, 0.15) is 0 Å². The van der Waals surface area contributed by atoms with E-state index in [0.29, 0.717) is 11.5 Å². The number of aryl methyl sites for hydroxylation is 1. The Balaban J connectivity index is 1.82. The molecule has 0 radical (unpaired) electrons. The Kier molecular flexibility index (Phi) is 5.06. The summed E-state index contributed by atoms with van der Waals surface area (Å²) in [6.07, 6.45) is 3.57. The molecule has 0 atom stereocenters. The quantitative estimate of drug-likeness (QED) is 0.908. The van der Waals surface area contributed by atoms with E-state index < -0.39 is 0 Å². The number of likely N-dealkylation sites (tertiary alicyclic amines) is 1. The number of hydrogen-bond donors (Lipinski definition) is 1. The number of carbonyl (C=O) groups excluding carboxylic acids is 1. The SMILES string of the molecule is Cc1cc(C(=O)NC2CCN(CC(C)C)CC2)cnn1. The lowest BCUT2D eigenvalue weighted by atomic mass is 10.0. The summed E-state index contributed by atoms with van der Waals surface area (Å²) in [5.74, 6) is 0.664. The van der Waals surface area contributed by atoms with Crippen molar-refractivity contribution in [3.8, 4) is 0 Å². The second-order valence-electron chi connectivity index (χ2n) is 6.03. The molecule has 2 rings (SSSR count). The molecule has 1 fully saturated rings. The number of amides is 1. The van der Waals surface area contributed by atoms with Crippen LogP contribution in [0.4, 0.5) is 0 Å². The van der Waals surface area contributed by atoms with Crippen LogP contribution in [0.5, 0.6) is 0 Å². The third-order valence-corrected chi connectivity index (χ3v) is 3.59. The molecule has 20 heavy (non-hydrogen) atoms. The summed E-state index contributed by atoms with van der Waals surface area (Å²) in [5.41, 5.74) is 1.37. The van der Waals surface area contributed by atoms with Crippen LogP contribution >= 0.6 is 0 Å². The van der Waals surface area contributed by atoms with E-state index >= 15 is 0 Å². The molecule has 0 aromatic carbocycles. The summed E-state index contributed by atoms with van der Waals surface area (Å²) in [5, 5.41) is 10.8. The van der Waals surface area contributed by atoms with Gasteiger partial charge in [-0.05, 0) is 31.7 Å². The first kappa shape index (κ1) is 14.9. The fourth-order valence-electron chi connectivity index (χ4n) is 2.64. The highest BCUT2D eigenvalue weighted by Gasteiger charge is 2.21. The van der Waals surface area contributed by atoms with Gasteiger partial charge in [0.05, 0.1) is 17.5 Å². The second kappa shape index (κ2) is 6.79. The topological polar surface area (TPSA) is 58.1 Å². The van der Waals surface area contributed by atoms with Gasteiger partial charge >= 0.3 is 0 Å². The van der Waals surface area contributed by atoms with Crippen molar-refractivity contribution >= 4 is 5.91 Å². The van der Waals surface area contributed by atoms with Crippen LogP contribution in [-0.2, 0) is 0 Å². The van der Waals surface area contributed by atoms with Crippen LogP contribution in [-0.4, -0.2) is 46.7 Å². The molecular formula is C15H24N4O. The van der Waals surface area contributed by atoms with Gasteiger partial charge in [-0.15, -0.1) is 0 Å². The first-order chi connectivity index (χ1) is 9.54. The molecule has 1 aromatic heterocycles. The molecule has 1 amide bonds. The fraction of sp³-hybridized carbons (Fsp3) is 0.667. The Morgan fingerprint density at radius 1 is 1.45 bits per heavy atom. The van der Waals surface area contributed by atoms with Crippen LogP contribution < -0.4 is 5.32 Å². The summed E-state index contributed by atoms with van der Waals surface area (Å²) < 4.78 is 0. The lowest BCUT2D eigenvalue weighted by molar-refractivity contribution is 0.0906. The summed E-state index contributed by atoms with van der Waals surface area (Å²) in [6, 6.07) is 2.05. The average Bonchev–Trinajstić information content (AvgIpc) is 2.40. The Hall–Kier alpha value is -1.49. The van der Waals surface area contributed by atoms with Gasteiger partial charge in [-0.3, -0.25) is 4.79 Å². The zero-order valence-electron chi connectivity index (χ0n) is 12.6. The van der Waals surface area contributed by atoms with Crippen LogP contribution in [0.1, 0.15) is 42.7 Å². The maximum atomic E-state index is 12.1. The predicted octanol–water partition coefficient (Wildman–Crippen LogP) is 1.64. The lowest BCUT2D eigenvalue weighted by Crippen LogP contribution is -2.45. The maximum Gasteiger partial charge on any atom is 0.253 e. The lowest BCUT2D eigenvalue weighted by Gasteiger charge is -2.33. The van der Waals surface area contributed by atoms with Crippen LogP contribution in [0, 0.1) is 12.8 Å². The van der Waals surface area contributed by atoms with Gasteiger partial charge in [0.2, 0.25) is 0 Å². The maximum absolute atomic E-state index is 12.1. The normalized spacial score (nSPS) is 17.4. The number of piperidine rings is 1. The van der Waals surface area contributed by atoms with Crippen molar-refractivity contribution in [3.05, 3.63) is 23.5 Å². The van der Waals surface area contributed by atoms with E-state index in [2.05, 4.69) is 34.3 Å². The fourth-order valence-corrected chi connectivity index (χ4v) is 2.64. The molecule has 0 spiro atoms. The number of rotatable bonds is 4. The minimum absolute atomic E-state index is 0.0368. The molecule has 0 bridgehead atoms. The number of aromatic nitrogens is 2. The number of nitrogens with zero attached hydrogens (tertiary/aromatic N) is 3. The van der Waals surface area contributed by atoms with Crippen LogP contribution in [0.3, 0.4) is 0 Å². The molecule has 0 aliphatic carbocycles. The minimum Gasteiger partial charge on any atom is -0.349 e. The molecule has 1 aliphatic rings. The van der Waals surface area contributed by atoms with Gasteiger partial charge in [0.15, 0.2) is 0 Å². The number of carbonyl (C=O) groups is 1. The first-order valence-corrected chi connectivity index (χ1v) is 7.37. The Labute approximate surface area is 120 Å². The molecular weight excluding hydrogens is 252 g/mol. The summed E-state index contributed by atoms with van der Waals surface area (Å²) in [4.78, 5) is 14.6. The van der Waals surface area contributed by atoms with E-state index in [4.69, 9.17) is 0 Å². The van der Waals surface area contributed by atoms with Crippen molar-refractivity contribution in [1.29, 1.82) is 0 Å². The minimum atomic E-state index is -0.0368. The van der Waals surface area contributed by atoms with Crippen LogP contribution in [0.2, 0.25) is 0 Å². The van der Waals surface area contributed by atoms with Gasteiger partial charge in [-0.2, -0.15) is 10.2 Å². The molecule has 0 saturated carbocycles. The van der Waals surface area contributed by atoms with Crippen molar-refractivity contribution in [3.63, 3.8) is 0 Å².